The normalized spacial score (nSPS) is 14.1. The molecule has 0 saturated carbocycles. The van der Waals surface area contributed by atoms with Crippen LogP contribution in [0.2, 0.25) is 0 Å². The lowest BCUT2D eigenvalue weighted by Gasteiger charge is -2.16. The van der Waals surface area contributed by atoms with E-state index in [1.165, 1.54) is 12.1 Å². The van der Waals surface area contributed by atoms with E-state index in [9.17, 15) is 9.18 Å². The first-order chi connectivity index (χ1) is 12.1. The second-order valence-electron chi connectivity index (χ2n) is 6.16. The Morgan fingerprint density at radius 1 is 1.36 bits per heavy atom. The second kappa shape index (κ2) is 7.53. The molecule has 130 valence electrons. The van der Waals surface area contributed by atoms with Crippen molar-refractivity contribution in [1.29, 1.82) is 0 Å². The predicted molar refractivity (Wildman–Crippen MR) is 93.0 cm³/mol. The van der Waals surface area contributed by atoms with E-state index in [1.54, 1.807) is 25.4 Å². The molecule has 25 heavy (non-hydrogen) atoms. The molecular weight excluding hydrogens is 321 g/mol. The molecule has 0 radical (unpaired) electrons. The zero-order valence-electron chi connectivity index (χ0n) is 14.0. The lowest BCUT2D eigenvalue weighted by molar-refractivity contribution is -0.119. The van der Waals surface area contributed by atoms with Crippen LogP contribution in [0.1, 0.15) is 34.7 Å². The third-order valence-corrected chi connectivity index (χ3v) is 4.30. The Morgan fingerprint density at radius 2 is 2.12 bits per heavy atom. The molecule has 2 heterocycles. The lowest BCUT2D eigenvalue weighted by Crippen LogP contribution is -2.15. The maximum absolute atomic E-state index is 13.1. The van der Waals surface area contributed by atoms with Gasteiger partial charge in [-0.3, -0.25) is 14.8 Å². The summed E-state index contributed by atoms with van der Waals surface area (Å²) in [7, 11) is 1.59. The van der Waals surface area contributed by atoms with Crippen LogP contribution in [-0.2, 0) is 22.5 Å². The van der Waals surface area contributed by atoms with E-state index >= 15 is 0 Å². The number of amidine groups is 1. The van der Waals surface area contributed by atoms with Crippen molar-refractivity contribution >= 4 is 11.6 Å². The van der Waals surface area contributed by atoms with Gasteiger partial charge in [0, 0.05) is 43.3 Å². The number of hydrogen-bond acceptors (Lipinski definition) is 5. The van der Waals surface area contributed by atoms with E-state index in [1.807, 2.05) is 6.07 Å². The molecular formula is C19H20FN3O2. The van der Waals surface area contributed by atoms with Crippen LogP contribution in [-0.4, -0.2) is 30.3 Å². The fourth-order valence-electron chi connectivity index (χ4n) is 3.02. The number of hydrogen-bond donors (Lipinski definition) is 1. The minimum atomic E-state index is -0.296. The maximum Gasteiger partial charge on any atom is 0.139 e. The summed E-state index contributed by atoms with van der Waals surface area (Å²) in [4.78, 5) is 21.0. The first-order valence-corrected chi connectivity index (χ1v) is 8.11. The third kappa shape index (κ3) is 4.09. The van der Waals surface area contributed by atoms with Gasteiger partial charge in [-0.2, -0.15) is 0 Å². The molecule has 5 nitrogen and oxygen atoms in total. The first kappa shape index (κ1) is 17.2. The van der Waals surface area contributed by atoms with Crippen molar-refractivity contribution in [3.63, 3.8) is 0 Å². The first-order valence-electron chi connectivity index (χ1n) is 8.11. The van der Waals surface area contributed by atoms with Gasteiger partial charge in [0.1, 0.15) is 17.4 Å². The number of rotatable bonds is 7. The number of aromatic nitrogens is 1. The molecule has 0 amide bonds. The maximum atomic E-state index is 13.1. The molecule has 0 saturated heterocycles. The van der Waals surface area contributed by atoms with Gasteiger partial charge in [-0.15, -0.1) is 0 Å². The molecule has 2 N–H and O–H groups in total. The van der Waals surface area contributed by atoms with Crippen LogP contribution < -0.4 is 5.73 Å². The number of fused-ring (bicyclic) bond motifs is 1. The Labute approximate surface area is 145 Å². The third-order valence-electron chi connectivity index (χ3n) is 4.30. The van der Waals surface area contributed by atoms with E-state index < -0.39 is 0 Å². The van der Waals surface area contributed by atoms with Crippen LogP contribution >= 0.6 is 0 Å². The molecule has 1 aliphatic rings. The Kier molecular flexibility index (Phi) is 5.19. The fourth-order valence-corrected chi connectivity index (χ4v) is 3.02. The summed E-state index contributed by atoms with van der Waals surface area (Å²) in [6.45, 7) is 0.937. The molecule has 0 unspecified atom stereocenters. The number of benzene rings is 1. The van der Waals surface area contributed by atoms with Crippen LogP contribution in [0.15, 0.2) is 41.5 Å². The zero-order chi connectivity index (χ0) is 17.8. The van der Waals surface area contributed by atoms with Crippen molar-refractivity contribution in [1.82, 2.24) is 4.98 Å². The molecule has 1 aromatic carbocycles. The van der Waals surface area contributed by atoms with Gasteiger partial charge in [-0.1, -0.05) is 12.1 Å². The molecule has 0 aliphatic carbocycles. The lowest BCUT2D eigenvalue weighted by atomic mass is 9.93. The number of carbonyl (C=O) groups is 1. The van der Waals surface area contributed by atoms with Crippen LogP contribution in [0, 0.1) is 5.82 Å². The van der Waals surface area contributed by atoms with E-state index in [0.29, 0.717) is 31.1 Å². The highest BCUT2D eigenvalue weighted by Crippen LogP contribution is 2.22. The number of aliphatic imine (C=N–C) groups is 1. The predicted octanol–water partition coefficient (Wildman–Crippen LogP) is 2.37. The van der Waals surface area contributed by atoms with Gasteiger partial charge in [0.15, 0.2) is 0 Å². The van der Waals surface area contributed by atoms with Crippen LogP contribution in [0.3, 0.4) is 0 Å². The van der Waals surface area contributed by atoms with Crippen molar-refractivity contribution in [2.45, 2.75) is 25.3 Å². The summed E-state index contributed by atoms with van der Waals surface area (Å²) in [6.07, 6.45) is 2.24. The molecule has 1 aromatic heterocycles. The monoisotopic (exact) mass is 341 g/mol. The summed E-state index contributed by atoms with van der Waals surface area (Å²) in [6, 6.07) is 8.07. The van der Waals surface area contributed by atoms with Crippen molar-refractivity contribution < 1.29 is 13.9 Å². The minimum absolute atomic E-state index is 0.0608. The molecule has 1 atom stereocenters. The van der Waals surface area contributed by atoms with E-state index in [2.05, 4.69) is 9.98 Å². The van der Waals surface area contributed by atoms with Crippen molar-refractivity contribution in [2.75, 3.05) is 13.7 Å². The molecule has 3 rings (SSSR count). The average Bonchev–Trinajstić information content (AvgIpc) is 2.96. The van der Waals surface area contributed by atoms with Crippen LogP contribution in [0.4, 0.5) is 4.39 Å². The van der Waals surface area contributed by atoms with Crippen molar-refractivity contribution in [3.05, 3.63) is 64.7 Å². The minimum Gasteiger partial charge on any atom is -0.384 e. The summed E-state index contributed by atoms with van der Waals surface area (Å²) in [5.74, 6) is 0.157. The number of nitrogens with zero attached hydrogens (tertiary/aromatic N) is 2. The summed E-state index contributed by atoms with van der Waals surface area (Å²) in [5, 5.41) is 0. The van der Waals surface area contributed by atoms with Gasteiger partial charge in [-0.25, -0.2) is 4.39 Å². The van der Waals surface area contributed by atoms with Crippen molar-refractivity contribution in [2.24, 2.45) is 10.7 Å². The van der Waals surface area contributed by atoms with Gasteiger partial charge in [0.05, 0.1) is 13.2 Å². The Hall–Kier alpha value is -2.60. The van der Waals surface area contributed by atoms with Gasteiger partial charge >= 0.3 is 0 Å². The van der Waals surface area contributed by atoms with E-state index in [4.69, 9.17) is 10.5 Å². The molecule has 1 aliphatic heterocycles. The molecule has 0 bridgehead atoms. The smallest absolute Gasteiger partial charge is 0.139 e. The number of ketones is 1. The molecule has 0 spiro atoms. The van der Waals surface area contributed by atoms with Gasteiger partial charge in [0.25, 0.3) is 0 Å². The highest BCUT2D eigenvalue weighted by atomic mass is 19.1. The summed E-state index contributed by atoms with van der Waals surface area (Å²) in [5.41, 5.74) is 9.22. The number of methoxy groups -OCH3 is 1. The quantitative estimate of drug-likeness (QED) is 0.839. The highest BCUT2D eigenvalue weighted by molar-refractivity contribution is 6.00. The number of nitrogens with two attached hydrogens (primary N) is 1. The van der Waals surface area contributed by atoms with Gasteiger partial charge in [0.2, 0.25) is 0 Å². The fraction of sp³-hybridized carbons (Fsp3) is 0.316. The topological polar surface area (TPSA) is 77.6 Å². The van der Waals surface area contributed by atoms with E-state index in [-0.39, 0.29) is 23.9 Å². The highest BCUT2D eigenvalue weighted by Gasteiger charge is 2.19. The second-order valence-corrected chi connectivity index (χ2v) is 6.16. The number of carbonyl (C=O) groups excluding carboxylic acids is 1. The number of ether oxygens (including phenoxy) is 1. The summed E-state index contributed by atoms with van der Waals surface area (Å²) < 4.78 is 18.3. The SMILES string of the molecule is COC[C@@H](CC(=O)Cc1cc2c(cn1)C(N)=NC2)c1ccc(F)cc1. The molecule has 6 heteroatoms. The molecule has 0 fully saturated rings. The number of Topliss-reactive ketones (excluding diaryl/α,β-unsaturated/α-hetero) is 1. The average molecular weight is 341 g/mol. The number of halogens is 1. The van der Waals surface area contributed by atoms with Gasteiger partial charge < -0.3 is 10.5 Å². The standard InChI is InChI=1S/C19H20FN3O2/c1-25-11-14(12-2-4-15(20)5-3-12)7-17(24)8-16-6-13-9-23-19(21)18(13)10-22-16/h2-6,10,14H,7-9,11H2,1H3,(H2,21,23)/t14-/m1/s1. The van der Waals surface area contributed by atoms with Crippen LogP contribution in [0.25, 0.3) is 0 Å². The Bertz CT molecular complexity index is 803. The van der Waals surface area contributed by atoms with E-state index in [0.717, 1.165) is 16.7 Å². The molecule has 2 aromatic rings. The van der Waals surface area contributed by atoms with Gasteiger partial charge in [-0.05, 0) is 29.3 Å². The van der Waals surface area contributed by atoms with Crippen molar-refractivity contribution in [3.8, 4) is 0 Å². The summed E-state index contributed by atoms with van der Waals surface area (Å²) >= 11 is 0. The zero-order valence-corrected chi connectivity index (χ0v) is 14.0. The Morgan fingerprint density at radius 3 is 2.84 bits per heavy atom. The van der Waals surface area contributed by atoms with Crippen LogP contribution in [0.5, 0.6) is 0 Å². The Balaban J connectivity index is 1.67. The largest absolute Gasteiger partial charge is 0.384 e. The number of pyridine rings is 1.